The van der Waals surface area contributed by atoms with Crippen LogP contribution in [-0.2, 0) is 11.2 Å². The minimum atomic E-state index is -0.864. The van der Waals surface area contributed by atoms with E-state index >= 15 is 0 Å². The minimum Gasteiger partial charge on any atom is -0.481 e. The molecule has 0 unspecified atom stereocenters. The molecule has 0 amide bonds. The van der Waals surface area contributed by atoms with Crippen LogP contribution in [-0.4, -0.2) is 21.0 Å². The lowest BCUT2D eigenvalue weighted by Crippen LogP contribution is -1.99. The summed E-state index contributed by atoms with van der Waals surface area (Å²) in [5.41, 5.74) is 2.50. The topological polar surface area (TPSA) is 63.1 Å². The number of aliphatic carboxylic acids is 1. The van der Waals surface area contributed by atoms with Crippen molar-refractivity contribution in [3.8, 4) is 10.6 Å². The molecule has 2 heterocycles. The molecule has 0 aliphatic carbocycles. The fourth-order valence-electron chi connectivity index (χ4n) is 1.95. The summed E-state index contributed by atoms with van der Waals surface area (Å²) in [6, 6.07) is 9.75. The Balaban J connectivity index is 2.09. The fraction of sp³-hybridized carbons (Fsp3) is 0.0714. The Bertz CT molecular complexity index is 747. The standard InChI is InChI=1S/C14H10N2O2S/c17-13(18)7-9-8-19-14(16-9)11-5-6-15-12-4-2-1-3-10(11)12/h1-6,8H,7H2,(H,17,18). The number of carboxylic acid groups (broad SMARTS) is 1. The molecule has 0 radical (unpaired) electrons. The summed E-state index contributed by atoms with van der Waals surface area (Å²) < 4.78 is 0. The lowest BCUT2D eigenvalue weighted by molar-refractivity contribution is -0.136. The Morgan fingerprint density at radius 3 is 2.95 bits per heavy atom. The normalized spacial score (nSPS) is 10.7. The number of rotatable bonds is 3. The number of carboxylic acids is 1. The van der Waals surface area contributed by atoms with Gasteiger partial charge in [0.25, 0.3) is 0 Å². The molecule has 3 aromatic rings. The van der Waals surface area contributed by atoms with Gasteiger partial charge in [0.15, 0.2) is 0 Å². The second-order valence-corrected chi connectivity index (χ2v) is 4.95. The zero-order valence-corrected chi connectivity index (χ0v) is 10.7. The van der Waals surface area contributed by atoms with Crippen LogP contribution in [0.1, 0.15) is 5.69 Å². The van der Waals surface area contributed by atoms with Crippen molar-refractivity contribution in [2.45, 2.75) is 6.42 Å². The average molecular weight is 270 g/mol. The molecule has 1 N–H and O–H groups in total. The lowest BCUT2D eigenvalue weighted by atomic mass is 10.1. The van der Waals surface area contributed by atoms with E-state index < -0.39 is 5.97 Å². The van der Waals surface area contributed by atoms with Gasteiger partial charge in [-0.15, -0.1) is 11.3 Å². The predicted molar refractivity (Wildman–Crippen MR) is 74.2 cm³/mol. The summed E-state index contributed by atoms with van der Waals surface area (Å²) in [7, 11) is 0. The van der Waals surface area contributed by atoms with Crippen molar-refractivity contribution >= 4 is 28.2 Å². The maximum absolute atomic E-state index is 10.7. The van der Waals surface area contributed by atoms with E-state index in [-0.39, 0.29) is 6.42 Å². The highest BCUT2D eigenvalue weighted by molar-refractivity contribution is 7.13. The number of para-hydroxylation sites is 1. The number of carbonyl (C=O) groups is 1. The summed E-state index contributed by atoms with van der Waals surface area (Å²) in [5.74, 6) is -0.864. The van der Waals surface area contributed by atoms with Crippen molar-refractivity contribution < 1.29 is 9.90 Å². The van der Waals surface area contributed by atoms with Crippen molar-refractivity contribution in [3.63, 3.8) is 0 Å². The molecule has 4 nitrogen and oxygen atoms in total. The molecule has 0 fully saturated rings. The second kappa shape index (κ2) is 4.78. The van der Waals surface area contributed by atoms with Gasteiger partial charge in [-0.2, -0.15) is 0 Å². The molecular formula is C14H10N2O2S. The summed E-state index contributed by atoms with van der Waals surface area (Å²) in [5, 5.41) is 12.4. The largest absolute Gasteiger partial charge is 0.481 e. The van der Waals surface area contributed by atoms with Gasteiger partial charge in [0.1, 0.15) is 5.01 Å². The van der Waals surface area contributed by atoms with Gasteiger partial charge in [-0.3, -0.25) is 9.78 Å². The van der Waals surface area contributed by atoms with Gasteiger partial charge in [0, 0.05) is 22.5 Å². The Hall–Kier alpha value is -2.27. The minimum absolute atomic E-state index is 0.0421. The van der Waals surface area contributed by atoms with Gasteiger partial charge in [-0.05, 0) is 12.1 Å². The van der Waals surface area contributed by atoms with E-state index in [0.717, 1.165) is 21.5 Å². The Morgan fingerprint density at radius 1 is 1.26 bits per heavy atom. The monoisotopic (exact) mass is 270 g/mol. The van der Waals surface area contributed by atoms with E-state index in [1.54, 1.807) is 11.6 Å². The van der Waals surface area contributed by atoms with Crippen LogP contribution in [0.2, 0.25) is 0 Å². The van der Waals surface area contributed by atoms with Crippen LogP contribution in [0.15, 0.2) is 41.9 Å². The number of fused-ring (bicyclic) bond motifs is 1. The van der Waals surface area contributed by atoms with Gasteiger partial charge >= 0.3 is 5.97 Å². The highest BCUT2D eigenvalue weighted by Gasteiger charge is 2.10. The van der Waals surface area contributed by atoms with Gasteiger partial charge in [-0.25, -0.2) is 4.98 Å². The molecule has 5 heteroatoms. The van der Waals surface area contributed by atoms with E-state index in [0.29, 0.717) is 5.69 Å². The zero-order chi connectivity index (χ0) is 13.2. The van der Waals surface area contributed by atoms with Crippen LogP contribution < -0.4 is 0 Å². The first-order valence-corrected chi connectivity index (χ1v) is 6.62. The van der Waals surface area contributed by atoms with Gasteiger partial charge < -0.3 is 5.11 Å². The van der Waals surface area contributed by atoms with E-state index in [2.05, 4.69) is 9.97 Å². The Labute approximate surface area is 113 Å². The molecule has 0 aliphatic rings. The molecule has 0 atom stereocenters. The Kier molecular flexibility index (Phi) is 2.97. The van der Waals surface area contributed by atoms with Crippen molar-refractivity contribution in [1.29, 1.82) is 0 Å². The van der Waals surface area contributed by atoms with Crippen molar-refractivity contribution in [1.82, 2.24) is 9.97 Å². The van der Waals surface area contributed by atoms with Crippen LogP contribution >= 0.6 is 11.3 Å². The highest BCUT2D eigenvalue weighted by atomic mass is 32.1. The number of pyridine rings is 1. The summed E-state index contributed by atoms with van der Waals surface area (Å²) >= 11 is 1.46. The summed E-state index contributed by atoms with van der Waals surface area (Å²) in [4.78, 5) is 19.4. The van der Waals surface area contributed by atoms with Crippen LogP contribution in [0.3, 0.4) is 0 Å². The van der Waals surface area contributed by atoms with Crippen LogP contribution in [0.25, 0.3) is 21.5 Å². The van der Waals surface area contributed by atoms with Crippen LogP contribution in [0.4, 0.5) is 0 Å². The zero-order valence-electron chi connectivity index (χ0n) is 9.91. The lowest BCUT2D eigenvalue weighted by Gasteiger charge is -2.02. The highest BCUT2D eigenvalue weighted by Crippen LogP contribution is 2.29. The number of benzene rings is 1. The van der Waals surface area contributed by atoms with Gasteiger partial charge in [0.05, 0.1) is 17.6 Å². The van der Waals surface area contributed by atoms with Crippen molar-refractivity contribution in [3.05, 3.63) is 47.6 Å². The maximum Gasteiger partial charge on any atom is 0.309 e. The molecular weight excluding hydrogens is 260 g/mol. The third-order valence-corrected chi connectivity index (χ3v) is 3.69. The molecule has 3 rings (SSSR count). The molecule has 94 valence electrons. The third kappa shape index (κ3) is 2.32. The number of hydrogen-bond donors (Lipinski definition) is 1. The number of thiazole rings is 1. The number of hydrogen-bond acceptors (Lipinski definition) is 4. The van der Waals surface area contributed by atoms with Crippen molar-refractivity contribution in [2.75, 3.05) is 0 Å². The molecule has 1 aromatic carbocycles. The SMILES string of the molecule is O=C(O)Cc1csc(-c2ccnc3ccccc23)n1. The smallest absolute Gasteiger partial charge is 0.309 e. The molecule has 0 saturated heterocycles. The predicted octanol–water partition coefficient (Wildman–Crippen LogP) is 2.99. The third-order valence-electron chi connectivity index (χ3n) is 2.76. The van der Waals surface area contributed by atoms with Gasteiger partial charge in [-0.1, -0.05) is 18.2 Å². The molecule has 2 aromatic heterocycles. The first-order chi connectivity index (χ1) is 9.24. The quantitative estimate of drug-likeness (QED) is 0.794. The van der Waals surface area contributed by atoms with E-state index in [4.69, 9.17) is 5.11 Å². The van der Waals surface area contributed by atoms with Crippen LogP contribution in [0.5, 0.6) is 0 Å². The first kappa shape index (κ1) is 11.8. The average Bonchev–Trinajstić information content (AvgIpc) is 2.85. The number of aromatic nitrogens is 2. The number of nitrogens with zero attached hydrogens (tertiary/aromatic N) is 2. The molecule has 0 bridgehead atoms. The van der Waals surface area contributed by atoms with Crippen molar-refractivity contribution in [2.24, 2.45) is 0 Å². The fourth-order valence-corrected chi connectivity index (χ4v) is 2.81. The summed E-state index contributed by atoms with van der Waals surface area (Å²) in [6.07, 6.45) is 1.70. The molecule has 19 heavy (non-hydrogen) atoms. The second-order valence-electron chi connectivity index (χ2n) is 4.09. The maximum atomic E-state index is 10.7. The molecule has 0 spiro atoms. The molecule has 0 saturated carbocycles. The van der Waals surface area contributed by atoms with E-state index in [1.165, 1.54) is 11.3 Å². The molecule has 0 aliphatic heterocycles. The summed E-state index contributed by atoms with van der Waals surface area (Å²) in [6.45, 7) is 0. The Morgan fingerprint density at radius 2 is 2.11 bits per heavy atom. The van der Waals surface area contributed by atoms with Crippen LogP contribution in [0, 0.1) is 0 Å². The van der Waals surface area contributed by atoms with E-state index in [1.807, 2.05) is 30.3 Å². The van der Waals surface area contributed by atoms with E-state index in [9.17, 15) is 4.79 Å². The van der Waals surface area contributed by atoms with Gasteiger partial charge in [0.2, 0.25) is 0 Å². The first-order valence-electron chi connectivity index (χ1n) is 5.74.